The standard InChI is InChI=1S/C15H15FN2OS/c16-12-7-3-2-6-11(12)14-17-10-13(20-14)15(19)18-8-4-1-5-9-18/h2-3,6-7,10H,1,4-5,8-9H2. The Labute approximate surface area is 121 Å². The number of likely N-dealkylation sites (tertiary alicyclic amines) is 1. The molecule has 5 heteroatoms. The number of carbonyl (C=O) groups is 1. The molecule has 1 aliphatic heterocycles. The number of rotatable bonds is 2. The van der Waals surface area contributed by atoms with Crippen molar-refractivity contribution in [3.63, 3.8) is 0 Å². The van der Waals surface area contributed by atoms with Crippen LogP contribution in [-0.2, 0) is 0 Å². The van der Waals surface area contributed by atoms with Gasteiger partial charge in [0, 0.05) is 18.7 Å². The zero-order valence-corrected chi connectivity index (χ0v) is 11.8. The van der Waals surface area contributed by atoms with E-state index in [0.717, 1.165) is 25.9 Å². The average Bonchev–Trinajstić information content (AvgIpc) is 2.97. The van der Waals surface area contributed by atoms with Crippen molar-refractivity contribution in [1.29, 1.82) is 0 Å². The van der Waals surface area contributed by atoms with E-state index in [1.165, 1.54) is 23.8 Å². The quantitative estimate of drug-likeness (QED) is 0.847. The van der Waals surface area contributed by atoms with E-state index in [1.807, 2.05) is 4.90 Å². The fraction of sp³-hybridized carbons (Fsp3) is 0.333. The van der Waals surface area contributed by atoms with Gasteiger partial charge in [0.05, 0.1) is 6.20 Å². The minimum atomic E-state index is -0.307. The number of hydrogen-bond acceptors (Lipinski definition) is 3. The highest BCUT2D eigenvalue weighted by atomic mass is 32.1. The SMILES string of the molecule is O=C(c1cnc(-c2ccccc2F)s1)N1CCCCC1. The van der Waals surface area contributed by atoms with Crippen molar-refractivity contribution >= 4 is 17.2 Å². The lowest BCUT2D eigenvalue weighted by Gasteiger charge is -2.25. The van der Waals surface area contributed by atoms with E-state index in [1.54, 1.807) is 24.4 Å². The normalized spacial score (nSPS) is 15.3. The molecule has 20 heavy (non-hydrogen) atoms. The molecule has 0 N–H and O–H groups in total. The highest BCUT2D eigenvalue weighted by molar-refractivity contribution is 7.16. The van der Waals surface area contributed by atoms with Crippen LogP contribution in [0.25, 0.3) is 10.6 Å². The van der Waals surface area contributed by atoms with E-state index in [0.29, 0.717) is 15.4 Å². The second-order valence-corrected chi connectivity index (χ2v) is 5.89. The second-order valence-electron chi connectivity index (χ2n) is 4.86. The molecule has 2 heterocycles. The Hall–Kier alpha value is -1.75. The third-order valence-electron chi connectivity index (χ3n) is 3.46. The molecule has 0 atom stereocenters. The fourth-order valence-corrected chi connectivity index (χ4v) is 3.30. The molecule has 1 aromatic carbocycles. The predicted molar refractivity (Wildman–Crippen MR) is 77.3 cm³/mol. The molecule has 1 fully saturated rings. The Morgan fingerprint density at radius 1 is 1.20 bits per heavy atom. The molecule has 1 aliphatic rings. The molecule has 0 saturated carbocycles. The Balaban J connectivity index is 1.83. The summed E-state index contributed by atoms with van der Waals surface area (Å²) in [6.45, 7) is 1.62. The first kappa shape index (κ1) is 13.2. The summed E-state index contributed by atoms with van der Waals surface area (Å²) in [6, 6.07) is 6.50. The minimum Gasteiger partial charge on any atom is -0.338 e. The van der Waals surface area contributed by atoms with Crippen LogP contribution in [0.2, 0.25) is 0 Å². The first-order chi connectivity index (χ1) is 9.75. The molecule has 0 aliphatic carbocycles. The highest BCUT2D eigenvalue weighted by Gasteiger charge is 2.21. The number of carbonyl (C=O) groups excluding carboxylic acids is 1. The van der Waals surface area contributed by atoms with Gasteiger partial charge in [0.25, 0.3) is 5.91 Å². The number of amides is 1. The lowest BCUT2D eigenvalue weighted by Crippen LogP contribution is -2.35. The molecule has 3 nitrogen and oxygen atoms in total. The topological polar surface area (TPSA) is 33.2 Å². The molecule has 1 amide bonds. The molecule has 2 aromatic rings. The summed E-state index contributed by atoms with van der Waals surface area (Å²) in [6.07, 6.45) is 4.87. The van der Waals surface area contributed by atoms with Gasteiger partial charge in [0.2, 0.25) is 0 Å². The van der Waals surface area contributed by atoms with Gasteiger partial charge in [-0.15, -0.1) is 11.3 Å². The van der Waals surface area contributed by atoms with Crippen LogP contribution in [0.5, 0.6) is 0 Å². The van der Waals surface area contributed by atoms with Crippen LogP contribution >= 0.6 is 11.3 Å². The van der Waals surface area contributed by atoms with Gasteiger partial charge in [-0.25, -0.2) is 9.37 Å². The lowest BCUT2D eigenvalue weighted by molar-refractivity contribution is 0.0729. The van der Waals surface area contributed by atoms with Crippen LogP contribution in [-0.4, -0.2) is 28.9 Å². The zero-order valence-electron chi connectivity index (χ0n) is 11.0. The van der Waals surface area contributed by atoms with Gasteiger partial charge in [-0.1, -0.05) is 12.1 Å². The Bertz CT molecular complexity index is 620. The van der Waals surface area contributed by atoms with Crippen molar-refractivity contribution < 1.29 is 9.18 Å². The number of nitrogens with zero attached hydrogens (tertiary/aromatic N) is 2. The molecule has 1 aromatic heterocycles. The molecular formula is C15H15FN2OS. The Morgan fingerprint density at radius 3 is 2.70 bits per heavy atom. The van der Waals surface area contributed by atoms with Gasteiger partial charge < -0.3 is 4.90 Å². The van der Waals surface area contributed by atoms with E-state index in [2.05, 4.69) is 4.98 Å². The van der Waals surface area contributed by atoms with Crippen LogP contribution in [0.4, 0.5) is 4.39 Å². The summed E-state index contributed by atoms with van der Waals surface area (Å²) in [4.78, 5) is 19.0. The molecule has 0 spiro atoms. The van der Waals surface area contributed by atoms with Gasteiger partial charge in [-0.2, -0.15) is 0 Å². The third kappa shape index (κ3) is 2.58. The number of thiazole rings is 1. The van der Waals surface area contributed by atoms with Crippen molar-refractivity contribution in [3.05, 3.63) is 41.2 Å². The fourth-order valence-electron chi connectivity index (χ4n) is 2.38. The monoisotopic (exact) mass is 290 g/mol. The first-order valence-corrected chi connectivity index (χ1v) is 7.57. The van der Waals surface area contributed by atoms with E-state index in [-0.39, 0.29) is 11.7 Å². The molecule has 0 unspecified atom stereocenters. The summed E-state index contributed by atoms with van der Waals surface area (Å²) < 4.78 is 13.7. The first-order valence-electron chi connectivity index (χ1n) is 6.76. The van der Waals surface area contributed by atoms with Crippen LogP contribution in [0.3, 0.4) is 0 Å². The van der Waals surface area contributed by atoms with Crippen molar-refractivity contribution in [2.75, 3.05) is 13.1 Å². The molecule has 0 radical (unpaired) electrons. The number of hydrogen-bond donors (Lipinski definition) is 0. The second kappa shape index (κ2) is 5.71. The lowest BCUT2D eigenvalue weighted by atomic mass is 10.1. The van der Waals surface area contributed by atoms with Crippen molar-refractivity contribution in [1.82, 2.24) is 9.88 Å². The maximum atomic E-state index is 13.7. The number of aromatic nitrogens is 1. The molecule has 3 rings (SSSR count). The summed E-state index contributed by atoms with van der Waals surface area (Å²) in [7, 11) is 0. The smallest absolute Gasteiger partial charge is 0.265 e. The van der Waals surface area contributed by atoms with E-state index in [9.17, 15) is 9.18 Å². The summed E-state index contributed by atoms with van der Waals surface area (Å²) in [5.74, 6) is -0.288. The van der Waals surface area contributed by atoms with Gasteiger partial charge >= 0.3 is 0 Å². The molecular weight excluding hydrogens is 275 g/mol. The zero-order chi connectivity index (χ0) is 13.9. The van der Waals surface area contributed by atoms with E-state index in [4.69, 9.17) is 0 Å². The maximum Gasteiger partial charge on any atom is 0.265 e. The molecule has 104 valence electrons. The summed E-state index contributed by atoms with van der Waals surface area (Å²) >= 11 is 1.26. The molecule has 1 saturated heterocycles. The van der Waals surface area contributed by atoms with Gasteiger partial charge in [-0.3, -0.25) is 4.79 Å². The summed E-state index contributed by atoms with van der Waals surface area (Å²) in [5, 5.41) is 0.559. The van der Waals surface area contributed by atoms with Crippen molar-refractivity contribution in [2.45, 2.75) is 19.3 Å². The largest absolute Gasteiger partial charge is 0.338 e. The van der Waals surface area contributed by atoms with Crippen LogP contribution in [0.15, 0.2) is 30.5 Å². The molecule has 0 bridgehead atoms. The van der Waals surface area contributed by atoms with E-state index < -0.39 is 0 Å². The van der Waals surface area contributed by atoms with Gasteiger partial charge in [-0.05, 0) is 31.4 Å². The third-order valence-corrected chi connectivity index (χ3v) is 4.48. The van der Waals surface area contributed by atoms with E-state index >= 15 is 0 Å². The average molecular weight is 290 g/mol. The highest BCUT2D eigenvalue weighted by Crippen LogP contribution is 2.28. The van der Waals surface area contributed by atoms with Crippen LogP contribution in [0, 0.1) is 5.82 Å². The van der Waals surface area contributed by atoms with Gasteiger partial charge in [0.15, 0.2) is 0 Å². The van der Waals surface area contributed by atoms with Crippen molar-refractivity contribution in [3.8, 4) is 10.6 Å². The van der Waals surface area contributed by atoms with Crippen LogP contribution < -0.4 is 0 Å². The van der Waals surface area contributed by atoms with Crippen molar-refractivity contribution in [2.24, 2.45) is 0 Å². The predicted octanol–water partition coefficient (Wildman–Crippen LogP) is 3.58. The number of halogens is 1. The Kier molecular flexibility index (Phi) is 3.78. The van der Waals surface area contributed by atoms with Crippen LogP contribution in [0.1, 0.15) is 28.9 Å². The summed E-state index contributed by atoms with van der Waals surface area (Å²) in [5.41, 5.74) is 0.454. The Morgan fingerprint density at radius 2 is 1.95 bits per heavy atom. The number of benzene rings is 1. The number of piperidine rings is 1. The minimum absolute atomic E-state index is 0.0183. The van der Waals surface area contributed by atoms with Gasteiger partial charge in [0.1, 0.15) is 15.7 Å². The maximum absolute atomic E-state index is 13.7.